The molecule has 0 aliphatic carbocycles. The highest BCUT2D eigenvalue weighted by molar-refractivity contribution is 5.25. The number of methoxy groups -OCH3 is 1. The zero-order chi connectivity index (χ0) is 12.7. The van der Waals surface area contributed by atoms with Crippen molar-refractivity contribution in [1.29, 1.82) is 0 Å². The van der Waals surface area contributed by atoms with E-state index in [9.17, 15) is 0 Å². The van der Waals surface area contributed by atoms with Crippen LogP contribution >= 0.6 is 0 Å². The first-order valence-electron chi connectivity index (χ1n) is 6.10. The molecule has 0 unspecified atom stereocenters. The molecule has 0 amide bonds. The molecular formula is C13H26N2O. The minimum absolute atomic E-state index is 0.498. The van der Waals surface area contributed by atoms with Gasteiger partial charge >= 0.3 is 0 Å². The summed E-state index contributed by atoms with van der Waals surface area (Å²) in [7, 11) is 1.72. The van der Waals surface area contributed by atoms with Crippen LogP contribution in [-0.2, 0) is 11.3 Å². The number of hydrogen-bond donors (Lipinski definition) is 0. The van der Waals surface area contributed by atoms with Crippen LogP contribution in [0.15, 0.2) is 0 Å². The van der Waals surface area contributed by atoms with Crippen LogP contribution in [0.3, 0.4) is 0 Å². The van der Waals surface area contributed by atoms with Crippen molar-refractivity contribution in [1.82, 2.24) is 9.78 Å². The van der Waals surface area contributed by atoms with Crippen molar-refractivity contribution in [2.24, 2.45) is 0 Å². The molecular weight excluding hydrogens is 200 g/mol. The van der Waals surface area contributed by atoms with E-state index in [2.05, 4.69) is 32.8 Å². The molecule has 16 heavy (non-hydrogen) atoms. The lowest BCUT2D eigenvalue weighted by atomic mass is 10.1. The highest BCUT2D eigenvalue weighted by Crippen LogP contribution is 2.20. The van der Waals surface area contributed by atoms with Crippen LogP contribution < -0.4 is 0 Å². The SMILES string of the molecule is CC.COCCn1nc(C(C)C)c(C)c1C. The molecule has 94 valence electrons. The third-order valence-corrected chi connectivity index (χ3v) is 2.60. The van der Waals surface area contributed by atoms with E-state index in [0.29, 0.717) is 5.92 Å². The van der Waals surface area contributed by atoms with Gasteiger partial charge in [-0.15, -0.1) is 0 Å². The van der Waals surface area contributed by atoms with Gasteiger partial charge in [-0.3, -0.25) is 4.68 Å². The standard InChI is InChI=1S/C11H20N2O.C2H6/c1-8(2)11-9(3)10(4)13(12-11)6-7-14-5;1-2/h8H,6-7H2,1-5H3;1-2H3. The first-order chi connectivity index (χ1) is 7.57. The average Bonchev–Trinajstić information content (AvgIpc) is 2.56. The second kappa shape index (κ2) is 7.44. The van der Waals surface area contributed by atoms with Gasteiger partial charge in [-0.2, -0.15) is 5.10 Å². The van der Waals surface area contributed by atoms with Gasteiger partial charge in [0.25, 0.3) is 0 Å². The van der Waals surface area contributed by atoms with E-state index in [1.54, 1.807) is 7.11 Å². The third kappa shape index (κ3) is 3.63. The smallest absolute Gasteiger partial charge is 0.0681 e. The molecule has 0 aliphatic rings. The van der Waals surface area contributed by atoms with Gasteiger partial charge in [0.05, 0.1) is 18.8 Å². The molecule has 0 saturated carbocycles. The molecule has 0 radical (unpaired) electrons. The van der Waals surface area contributed by atoms with Crippen molar-refractivity contribution >= 4 is 0 Å². The van der Waals surface area contributed by atoms with Crippen molar-refractivity contribution in [3.8, 4) is 0 Å². The molecule has 1 aromatic heterocycles. The number of rotatable bonds is 4. The van der Waals surface area contributed by atoms with E-state index in [4.69, 9.17) is 4.74 Å². The summed E-state index contributed by atoms with van der Waals surface area (Å²) in [6.45, 7) is 14.2. The van der Waals surface area contributed by atoms with E-state index in [1.807, 2.05) is 18.5 Å². The fourth-order valence-corrected chi connectivity index (χ4v) is 1.60. The molecule has 0 saturated heterocycles. The van der Waals surface area contributed by atoms with Gasteiger partial charge < -0.3 is 4.74 Å². The number of hydrogen-bond acceptors (Lipinski definition) is 2. The number of nitrogens with zero attached hydrogens (tertiary/aromatic N) is 2. The summed E-state index contributed by atoms with van der Waals surface area (Å²) in [5.74, 6) is 0.498. The van der Waals surface area contributed by atoms with Gasteiger partial charge in [-0.25, -0.2) is 0 Å². The van der Waals surface area contributed by atoms with Crippen molar-refractivity contribution in [3.63, 3.8) is 0 Å². The van der Waals surface area contributed by atoms with Crippen LogP contribution in [0.4, 0.5) is 0 Å². The zero-order valence-corrected chi connectivity index (χ0v) is 11.8. The van der Waals surface area contributed by atoms with Gasteiger partial charge in [0, 0.05) is 12.8 Å². The van der Waals surface area contributed by atoms with Crippen molar-refractivity contribution < 1.29 is 4.74 Å². The highest BCUT2D eigenvalue weighted by Gasteiger charge is 2.12. The predicted molar refractivity (Wildman–Crippen MR) is 69.0 cm³/mol. The van der Waals surface area contributed by atoms with Crippen LogP contribution in [0.2, 0.25) is 0 Å². The van der Waals surface area contributed by atoms with Crippen LogP contribution in [0.1, 0.15) is 50.6 Å². The monoisotopic (exact) mass is 226 g/mol. The van der Waals surface area contributed by atoms with Gasteiger partial charge in [0.1, 0.15) is 0 Å². The molecule has 0 spiro atoms. The first-order valence-corrected chi connectivity index (χ1v) is 6.10. The Hall–Kier alpha value is -0.830. The Morgan fingerprint density at radius 3 is 2.19 bits per heavy atom. The highest BCUT2D eigenvalue weighted by atomic mass is 16.5. The van der Waals surface area contributed by atoms with Crippen molar-refractivity contribution in [2.45, 2.75) is 54.0 Å². The van der Waals surface area contributed by atoms with Gasteiger partial charge in [-0.1, -0.05) is 27.7 Å². The van der Waals surface area contributed by atoms with Gasteiger partial charge in [-0.05, 0) is 25.3 Å². The van der Waals surface area contributed by atoms with Crippen molar-refractivity contribution in [2.75, 3.05) is 13.7 Å². The van der Waals surface area contributed by atoms with E-state index in [1.165, 1.54) is 17.0 Å². The molecule has 3 heteroatoms. The third-order valence-electron chi connectivity index (χ3n) is 2.60. The Kier molecular flexibility index (Phi) is 7.06. The van der Waals surface area contributed by atoms with E-state index >= 15 is 0 Å². The summed E-state index contributed by atoms with van der Waals surface area (Å²) in [4.78, 5) is 0. The molecule has 0 aliphatic heterocycles. The summed E-state index contributed by atoms with van der Waals surface area (Å²) < 4.78 is 7.09. The summed E-state index contributed by atoms with van der Waals surface area (Å²) in [6, 6.07) is 0. The van der Waals surface area contributed by atoms with Crippen molar-refractivity contribution in [3.05, 3.63) is 17.0 Å². The Bertz CT molecular complexity index is 303. The summed E-state index contributed by atoms with van der Waals surface area (Å²) >= 11 is 0. The molecule has 0 N–H and O–H groups in total. The number of aromatic nitrogens is 2. The second-order valence-electron chi connectivity index (χ2n) is 3.97. The fraction of sp³-hybridized carbons (Fsp3) is 0.769. The Labute approximate surface area is 99.8 Å². The molecule has 0 bridgehead atoms. The lowest BCUT2D eigenvalue weighted by molar-refractivity contribution is 0.182. The normalized spacial score (nSPS) is 10.2. The zero-order valence-electron chi connectivity index (χ0n) is 11.8. The molecule has 1 rings (SSSR count). The Balaban J connectivity index is 0.00000106. The molecule has 0 aromatic carbocycles. The van der Waals surface area contributed by atoms with E-state index in [-0.39, 0.29) is 0 Å². The second-order valence-corrected chi connectivity index (χ2v) is 3.97. The summed E-state index contributed by atoms with van der Waals surface area (Å²) in [6.07, 6.45) is 0. The molecule has 3 nitrogen and oxygen atoms in total. The molecule has 0 atom stereocenters. The largest absolute Gasteiger partial charge is 0.383 e. The molecule has 1 heterocycles. The number of ether oxygens (including phenoxy) is 1. The average molecular weight is 226 g/mol. The van der Waals surface area contributed by atoms with Crippen LogP contribution in [0, 0.1) is 13.8 Å². The predicted octanol–water partition coefficient (Wildman–Crippen LogP) is 3.30. The van der Waals surface area contributed by atoms with Crippen LogP contribution in [0.5, 0.6) is 0 Å². The first kappa shape index (κ1) is 15.2. The summed E-state index contributed by atoms with van der Waals surface area (Å²) in [5.41, 5.74) is 3.78. The fourth-order valence-electron chi connectivity index (χ4n) is 1.60. The minimum atomic E-state index is 0.498. The molecule has 0 fully saturated rings. The maximum absolute atomic E-state index is 5.05. The van der Waals surface area contributed by atoms with E-state index in [0.717, 1.165) is 13.2 Å². The van der Waals surface area contributed by atoms with Crippen LogP contribution in [-0.4, -0.2) is 23.5 Å². The topological polar surface area (TPSA) is 27.1 Å². The van der Waals surface area contributed by atoms with Crippen LogP contribution in [0.25, 0.3) is 0 Å². The maximum atomic E-state index is 5.05. The maximum Gasteiger partial charge on any atom is 0.0681 e. The Morgan fingerprint density at radius 2 is 1.81 bits per heavy atom. The van der Waals surface area contributed by atoms with Gasteiger partial charge in [0.15, 0.2) is 0 Å². The van der Waals surface area contributed by atoms with E-state index < -0.39 is 0 Å². The minimum Gasteiger partial charge on any atom is -0.383 e. The quantitative estimate of drug-likeness (QED) is 0.787. The Morgan fingerprint density at radius 1 is 1.25 bits per heavy atom. The lowest BCUT2D eigenvalue weighted by Crippen LogP contribution is -2.07. The molecule has 1 aromatic rings. The van der Waals surface area contributed by atoms with Gasteiger partial charge in [0.2, 0.25) is 0 Å². The lowest BCUT2D eigenvalue weighted by Gasteiger charge is -2.02. The summed E-state index contributed by atoms with van der Waals surface area (Å²) in [5, 5.41) is 4.58.